The molecule has 0 saturated heterocycles. The SMILES string of the molecule is Cc1nn(-c2ccccc2)cc1CNC(=O)c1cn(C)c2c(C)cn(C)c(=O)c12. The lowest BCUT2D eigenvalue weighted by Crippen LogP contribution is -2.25. The highest BCUT2D eigenvalue weighted by Crippen LogP contribution is 2.20. The van der Waals surface area contributed by atoms with Crippen LogP contribution in [0.4, 0.5) is 0 Å². The molecule has 1 N–H and O–H groups in total. The summed E-state index contributed by atoms with van der Waals surface area (Å²) in [6.07, 6.45) is 5.42. The van der Waals surface area contributed by atoms with E-state index in [9.17, 15) is 9.59 Å². The van der Waals surface area contributed by atoms with Crippen LogP contribution in [0, 0.1) is 13.8 Å². The van der Waals surface area contributed by atoms with Gasteiger partial charge in [-0.2, -0.15) is 5.10 Å². The van der Waals surface area contributed by atoms with Crippen LogP contribution in [0.3, 0.4) is 0 Å². The number of carbonyl (C=O) groups is 1. The van der Waals surface area contributed by atoms with Crippen molar-refractivity contribution in [1.82, 2.24) is 24.2 Å². The van der Waals surface area contributed by atoms with E-state index in [0.29, 0.717) is 17.5 Å². The van der Waals surface area contributed by atoms with Crippen LogP contribution in [0.15, 0.2) is 53.7 Å². The van der Waals surface area contributed by atoms with Crippen LogP contribution in [0.2, 0.25) is 0 Å². The molecule has 148 valence electrons. The Hall–Kier alpha value is -3.61. The lowest BCUT2D eigenvalue weighted by atomic mass is 10.1. The molecule has 0 aliphatic heterocycles. The Bertz CT molecular complexity index is 1280. The summed E-state index contributed by atoms with van der Waals surface area (Å²) in [6.45, 7) is 4.18. The molecule has 1 amide bonds. The predicted molar refractivity (Wildman–Crippen MR) is 112 cm³/mol. The van der Waals surface area contributed by atoms with Crippen LogP contribution in [0.5, 0.6) is 0 Å². The first kappa shape index (κ1) is 18.7. The normalized spacial score (nSPS) is 11.2. The second kappa shape index (κ2) is 7.09. The van der Waals surface area contributed by atoms with Crippen molar-refractivity contribution in [3.63, 3.8) is 0 Å². The molecule has 0 unspecified atom stereocenters. The van der Waals surface area contributed by atoms with Gasteiger partial charge in [-0.05, 0) is 31.5 Å². The van der Waals surface area contributed by atoms with Crippen LogP contribution in [-0.2, 0) is 20.6 Å². The molecule has 3 heterocycles. The van der Waals surface area contributed by atoms with E-state index in [0.717, 1.165) is 28.0 Å². The third-order valence-corrected chi connectivity index (χ3v) is 5.18. The van der Waals surface area contributed by atoms with E-state index in [2.05, 4.69) is 10.4 Å². The van der Waals surface area contributed by atoms with Crippen LogP contribution >= 0.6 is 0 Å². The molecule has 4 aromatic rings. The number of aryl methyl sites for hydroxylation is 4. The molecule has 0 fully saturated rings. The Morgan fingerprint density at radius 1 is 1.03 bits per heavy atom. The van der Waals surface area contributed by atoms with Gasteiger partial charge in [0.1, 0.15) is 0 Å². The summed E-state index contributed by atoms with van der Waals surface area (Å²) in [5.41, 5.74) is 4.67. The molecular weight excluding hydrogens is 366 g/mol. The molecular formula is C22H23N5O2. The molecule has 0 aliphatic carbocycles. The maximum atomic E-state index is 12.9. The van der Waals surface area contributed by atoms with Gasteiger partial charge in [-0.15, -0.1) is 0 Å². The van der Waals surface area contributed by atoms with Crippen LogP contribution in [-0.4, -0.2) is 24.8 Å². The fourth-order valence-electron chi connectivity index (χ4n) is 3.73. The van der Waals surface area contributed by atoms with E-state index in [1.807, 2.05) is 62.0 Å². The van der Waals surface area contributed by atoms with E-state index in [1.165, 1.54) is 4.57 Å². The number of nitrogens with one attached hydrogen (secondary N) is 1. The molecule has 0 saturated carbocycles. The number of rotatable bonds is 4. The van der Waals surface area contributed by atoms with Crippen LogP contribution < -0.4 is 10.9 Å². The van der Waals surface area contributed by atoms with Crippen molar-refractivity contribution in [3.8, 4) is 5.69 Å². The maximum absolute atomic E-state index is 12.9. The van der Waals surface area contributed by atoms with Gasteiger partial charge in [0, 0.05) is 44.8 Å². The van der Waals surface area contributed by atoms with Crippen molar-refractivity contribution in [3.05, 3.63) is 81.7 Å². The second-order valence-corrected chi connectivity index (χ2v) is 7.31. The van der Waals surface area contributed by atoms with E-state index in [4.69, 9.17) is 0 Å². The number of nitrogens with zero attached hydrogens (tertiary/aromatic N) is 4. The van der Waals surface area contributed by atoms with Gasteiger partial charge in [0.15, 0.2) is 0 Å². The second-order valence-electron chi connectivity index (χ2n) is 7.31. The van der Waals surface area contributed by atoms with Crippen molar-refractivity contribution in [2.75, 3.05) is 0 Å². The third-order valence-electron chi connectivity index (χ3n) is 5.18. The van der Waals surface area contributed by atoms with Crippen molar-refractivity contribution in [2.45, 2.75) is 20.4 Å². The van der Waals surface area contributed by atoms with Crippen LogP contribution in [0.25, 0.3) is 16.6 Å². The first-order valence-electron chi connectivity index (χ1n) is 9.41. The molecule has 3 aromatic heterocycles. The molecule has 0 aliphatic rings. The number of pyridine rings is 1. The molecule has 7 heteroatoms. The minimum atomic E-state index is -0.273. The van der Waals surface area contributed by atoms with Gasteiger partial charge in [-0.1, -0.05) is 18.2 Å². The molecule has 0 atom stereocenters. The number of hydrogen-bond acceptors (Lipinski definition) is 3. The highest BCUT2D eigenvalue weighted by molar-refractivity contribution is 6.07. The predicted octanol–water partition coefficient (Wildman–Crippen LogP) is 2.61. The minimum absolute atomic E-state index is 0.176. The van der Waals surface area contributed by atoms with E-state index >= 15 is 0 Å². The number of benzene rings is 1. The van der Waals surface area contributed by atoms with E-state index in [1.54, 1.807) is 24.1 Å². The zero-order valence-corrected chi connectivity index (χ0v) is 16.9. The summed E-state index contributed by atoms with van der Waals surface area (Å²) in [5.74, 6) is -0.273. The third kappa shape index (κ3) is 3.24. The van der Waals surface area contributed by atoms with Gasteiger partial charge in [0.2, 0.25) is 0 Å². The number of hydrogen-bond donors (Lipinski definition) is 1. The molecule has 7 nitrogen and oxygen atoms in total. The smallest absolute Gasteiger partial charge is 0.260 e. The van der Waals surface area contributed by atoms with Crippen molar-refractivity contribution < 1.29 is 4.79 Å². The highest BCUT2D eigenvalue weighted by Gasteiger charge is 2.19. The minimum Gasteiger partial charge on any atom is -0.349 e. The standard InChI is InChI=1S/C22H23N5O2/c1-14-11-26(4)22(29)19-18(13-25(3)20(14)19)21(28)23-10-16-12-27(24-15(16)2)17-8-6-5-7-9-17/h5-9,11-13H,10H2,1-4H3,(H,23,28). The summed E-state index contributed by atoms with van der Waals surface area (Å²) in [6, 6.07) is 9.82. The number of aromatic nitrogens is 4. The van der Waals surface area contributed by atoms with Gasteiger partial charge in [0.05, 0.1) is 27.8 Å². The van der Waals surface area contributed by atoms with E-state index in [-0.39, 0.29) is 11.5 Å². The zero-order valence-electron chi connectivity index (χ0n) is 16.9. The fraction of sp³-hybridized carbons (Fsp3) is 0.227. The highest BCUT2D eigenvalue weighted by atomic mass is 16.2. The van der Waals surface area contributed by atoms with Gasteiger partial charge in [-0.3, -0.25) is 9.59 Å². The van der Waals surface area contributed by atoms with Crippen molar-refractivity contribution in [2.24, 2.45) is 14.1 Å². The van der Waals surface area contributed by atoms with Gasteiger partial charge in [-0.25, -0.2) is 4.68 Å². The van der Waals surface area contributed by atoms with E-state index < -0.39 is 0 Å². The largest absolute Gasteiger partial charge is 0.349 e. The molecule has 1 aromatic carbocycles. The summed E-state index contributed by atoms with van der Waals surface area (Å²) >= 11 is 0. The molecule has 0 bridgehead atoms. The first-order valence-corrected chi connectivity index (χ1v) is 9.41. The Kier molecular flexibility index (Phi) is 4.58. The van der Waals surface area contributed by atoms with Gasteiger partial charge < -0.3 is 14.5 Å². The summed E-state index contributed by atoms with van der Waals surface area (Å²) in [4.78, 5) is 25.6. The Labute approximate surface area is 168 Å². The van der Waals surface area contributed by atoms with Crippen LogP contribution in [0.1, 0.15) is 27.2 Å². The quantitative estimate of drug-likeness (QED) is 0.583. The summed E-state index contributed by atoms with van der Waals surface area (Å²) < 4.78 is 5.15. The zero-order chi connectivity index (χ0) is 20.7. The number of carbonyl (C=O) groups excluding carboxylic acids is 1. The topological polar surface area (TPSA) is 73.8 Å². The maximum Gasteiger partial charge on any atom is 0.260 e. The molecule has 0 radical (unpaired) electrons. The average Bonchev–Trinajstić information content (AvgIpc) is 3.25. The van der Waals surface area contributed by atoms with Crippen molar-refractivity contribution >= 4 is 16.8 Å². The Morgan fingerprint density at radius 3 is 2.48 bits per heavy atom. The average molecular weight is 389 g/mol. The fourth-order valence-corrected chi connectivity index (χ4v) is 3.73. The Balaban J connectivity index is 1.62. The summed E-state index contributed by atoms with van der Waals surface area (Å²) in [5, 5.41) is 7.92. The number of para-hydroxylation sites is 1. The van der Waals surface area contributed by atoms with Gasteiger partial charge >= 0.3 is 0 Å². The lowest BCUT2D eigenvalue weighted by molar-refractivity contribution is 0.0952. The van der Waals surface area contributed by atoms with Gasteiger partial charge in [0.25, 0.3) is 11.5 Å². The Morgan fingerprint density at radius 2 is 1.76 bits per heavy atom. The summed E-state index contributed by atoms with van der Waals surface area (Å²) in [7, 11) is 3.55. The molecule has 0 spiro atoms. The molecule has 29 heavy (non-hydrogen) atoms. The number of fused-ring (bicyclic) bond motifs is 1. The lowest BCUT2D eigenvalue weighted by Gasteiger charge is -2.05. The first-order chi connectivity index (χ1) is 13.9. The number of amides is 1. The monoisotopic (exact) mass is 389 g/mol. The van der Waals surface area contributed by atoms with Crippen molar-refractivity contribution in [1.29, 1.82) is 0 Å². The molecule has 4 rings (SSSR count).